The average molecular weight is 411 g/mol. The number of nitrogens with zero attached hydrogens (tertiary/aromatic N) is 1. The molecular weight excluding hydrogens is 388 g/mol. The number of benzene rings is 2. The first-order valence-electron chi connectivity index (χ1n) is 10.1. The van der Waals surface area contributed by atoms with Crippen molar-refractivity contribution in [2.75, 3.05) is 0 Å². The Morgan fingerprint density at radius 2 is 1.66 bits per heavy atom. The maximum absolute atomic E-state index is 13.2. The summed E-state index contributed by atoms with van der Waals surface area (Å²) in [6.45, 7) is 0. The van der Waals surface area contributed by atoms with E-state index in [1.54, 1.807) is 42.5 Å². The molecule has 1 fully saturated rings. The zero-order chi connectivity index (χ0) is 20.4. The Labute approximate surface area is 175 Å². The van der Waals surface area contributed by atoms with Crippen LogP contribution in [-0.2, 0) is 11.2 Å². The third-order valence-electron chi connectivity index (χ3n) is 5.71. The Balaban J connectivity index is 1.63. The molecule has 29 heavy (non-hydrogen) atoms. The van der Waals surface area contributed by atoms with Gasteiger partial charge in [0.1, 0.15) is 6.04 Å². The van der Waals surface area contributed by atoms with Crippen molar-refractivity contribution in [1.82, 2.24) is 10.2 Å². The van der Waals surface area contributed by atoms with Gasteiger partial charge in [-0.05, 0) is 42.7 Å². The number of halogens is 1. The van der Waals surface area contributed by atoms with Gasteiger partial charge < -0.3 is 5.32 Å². The Bertz CT molecular complexity index is 918. The van der Waals surface area contributed by atoms with Crippen LogP contribution in [0.3, 0.4) is 0 Å². The number of rotatable bonds is 5. The maximum Gasteiger partial charge on any atom is 0.262 e. The first kappa shape index (κ1) is 19.6. The summed E-state index contributed by atoms with van der Waals surface area (Å²) in [4.78, 5) is 40.4. The highest BCUT2D eigenvalue weighted by molar-refractivity contribution is 6.30. The highest BCUT2D eigenvalue weighted by Gasteiger charge is 2.43. The number of carbonyl (C=O) groups excluding carboxylic acids is 3. The molecular formula is C23H23ClN2O3. The van der Waals surface area contributed by atoms with Crippen molar-refractivity contribution in [2.45, 2.75) is 50.6 Å². The number of hydrogen-bond donors (Lipinski definition) is 1. The van der Waals surface area contributed by atoms with Crippen molar-refractivity contribution in [3.63, 3.8) is 0 Å². The number of fused-ring (bicyclic) bond motifs is 1. The second-order valence-corrected chi connectivity index (χ2v) is 8.16. The van der Waals surface area contributed by atoms with E-state index in [-0.39, 0.29) is 18.4 Å². The molecule has 1 N–H and O–H groups in total. The highest BCUT2D eigenvalue weighted by Crippen LogP contribution is 2.27. The van der Waals surface area contributed by atoms with E-state index in [9.17, 15) is 14.4 Å². The molecule has 0 saturated heterocycles. The fourth-order valence-electron chi connectivity index (χ4n) is 4.22. The van der Waals surface area contributed by atoms with Crippen molar-refractivity contribution in [2.24, 2.45) is 0 Å². The Kier molecular flexibility index (Phi) is 5.67. The van der Waals surface area contributed by atoms with Crippen LogP contribution in [0.5, 0.6) is 0 Å². The van der Waals surface area contributed by atoms with Gasteiger partial charge in [0.15, 0.2) is 0 Å². The minimum Gasteiger partial charge on any atom is -0.352 e. The lowest BCUT2D eigenvalue weighted by molar-refractivity contribution is -0.126. The van der Waals surface area contributed by atoms with Gasteiger partial charge in [0.05, 0.1) is 11.1 Å². The van der Waals surface area contributed by atoms with Gasteiger partial charge in [0.2, 0.25) is 5.91 Å². The second-order valence-electron chi connectivity index (χ2n) is 7.72. The fourth-order valence-corrected chi connectivity index (χ4v) is 4.44. The van der Waals surface area contributed by atoms with Crippen molar-refractivity contribution < 1.29 is 14.4 Å². The van der Waals surface area contributed by atoms with Crippen LogP contribution in [0.4, 0.5) is 0 Å². The molecule has 1 unspecified atom stereocenters. The molecule has 1 aliphatic carbocycles. The molecule has 4 rings (SSSR count). The van der Waals surface area contributed by atoms with Gasteiger partial charge in [-0.15, -0.1) is 0 Å². The Morgan fingerprint density at radius 1 is 1.00 bits per heavy atom. The minimum atomic E-state index is -0.914. The molecule has 0 bridgehead atoms. The SMILES string of the molecule is O=C(NC1CCCCC1)C(Cc1cccc(Cl)c1)N1C(=O)c2ccccc2C1=O. The van der Waals surface area contributed by atoms with Gasteiger partial charge in [-0.1, -0.05) is 55.1 Å². The molecule has 150 valence electrons. The van der Waals surface area contributed by atoms with Crippen LogP contribution in [0.25, 0.3) is 0 Å². The quantitative estimate of drug-likeness (QED) is 0.757. The lowest BCUT2D eigenvalue weighted by Crippen LogP contribution is -2.53. The predicted octanol–water partition coefficient (Wildman–Crippen LogP) is 4.00. The van der Waals surface area contributed by atoms with Crippen LogP contribution in [0, 0.1) is 0 Å². The van der Waals surface area contributed by atoms with Crippen LogP contribution in [0.1, 0.15) is 58.4 Å². The van der Waals surface area contributed by atoms with Crippen LogP contribution in [0.15, 0.2) is 48.5 Å². The van der Waals surface area contributed by atoms with Crippen LogP contribution < -0.4 is 5.32 Å². The molecule has 1 heterocycles. The van der Waals surface area contributed by atoms with Gasteiger partial charge in [-0.25, -0.2) is 0 Å². The van der Waals surface area contributed by atoms with Crippen molar-refractivity contribution in [3.8, 4) is 0 Å². The molecule has 0 spiro atoms. The molecule has 1 aliphatic heterocycles. The van der Waals surface area contributed by atoms with Crippen molar-refractivity contribution >= 4 is 29.3 Å². The Morgan fingerprint density at radius 3 is 2.28 bits per heavy atom. The van der Waals surface area contributed by atoms with E-state index >= 15 is 0 Å². The van der Waals surface area contributed by atoms with Gasteiger partial charge >= 0.3 is 0 Å². The molecule has 3 amide bonds. The molecule has 2 aliphatic rings. The molecule has 0 aromatic heterocycles. The third-order valence-corrected chi connectivity index (χ3v) is 5.94. The maximum atomic E-state index is 13.2. The summed E-state index contributed by atoms with van der Waals surface area (Å²) < 4.78 is 0. The van der Waals surface area contributed by atoms with Gasteiger partial charge in [-0.2, -0.15) is 0 Å². The minimum absolute atomic E-state index is 0.0910. The average Bonchev–Trinajstić information content (AvgIpc) is 2.98. The molecule has 0 radical (unpaired) electrons. The van der Waals surface area contributed by atoms with Gasteiger partial charge in [0, 0.05) is 17.5 Å². The van der Waals surface area contributed by atoms with E-state index in [0.717, 1.165) is 36.1 Å². The summed E-state index contributed by atoms with van der Waals surface area (Å²) in [5, 5.41) is 3.63. The summed E-state index contributed by atoms with van der Waals surface area (Å²) in [5.74, 6) is -1.13. The fraction of sp³-hybridized carbons (Fsp3) is 0.348. The number of nitrogens with one attached hydrogen (secondary N) is 1. The van der Waals surface area contributed by atoms with E-state index in [1.807, 2.05) is 6.07 Å². The molecule has 5 nitrogen and oxygen atoms in total. The smallest absolute Gasteiger partial charge is 0.262 e. The Hall–Kier alpha value is -2.66. The summed E-state index contributed by atoms with van der Waals surface area (Å²) in [5.41, 5.74) is 1.50. The summed E-state index contributed by atoms with van der Waals surface area (Å²) in [6, 6.07) is 13.1. The van der Waals surface area contributed by atoms with Crippen LogP contribution in [-0.4, -0.2) is 34.7 Å². The number of imide groups is 1. The lowest BCUT2D eigenvalue weighted by atomic mass is 9.94. The van der Waals surface area contributed by atoms with Crippen molar-refractivity contribution in [1.29, 1.82) is 0 Å². The first-order valence-corrected chi connectivity index (χ1v) is 10.4. The van der Waals surface area contributed by atoms with Gasteiger partial charge in [-0.3, -0.25) is 19.3 Å². The summed E-state index contributed by atoms with van der Waals surface area (Å²) >= 11 is 6.11. The molecule has 6 heteroatoms. The van der Waals surface area contributed by atoms with E-state index < -0.39 is 17.9 Å². The molecule has 2 aromatic carbocycles. The molecule has 1 saturated carbocycles. The molecule has 1 atom stereocenters. The van der Waals surface area contributed by atoms with Crippen LogP contribution in [0.2, 0.25) is 5.02 Å². The number of amides is 3. The van der Waals surface area contributed by atoms with E-state index in [2.05, 4.69) is 5.32 Å². The topological polar surface area (TPSA) is 66.5 Å². The number of hydrogen-bond acceptors (Lipinski definition) is 3. The van der Waals surface area contributed by atoms with Crippen molar-refractivity contribution in [3.05, 3.63) is 70.2 Å². The largest absolute Gasteiger partial charge is 0.352 e. The summed E-state index contributed by atoms with van der Waals surface area (Å²) in [7, 11) is 0. The lowest BCUT2D eigenvalue weighted by Gasteiger charge is -2.29. The van der Waals surface area contributed by atoms with E-state index in [0.29, 0.717) is 16.1 Å². The summed E-state index contributed by atoms with van der Waals surface area (Å²) in [6.07, 6.45) is 5.42. The predicted molar refractivity (Wildman–Crippen MR) is 111 cm³/mol. The second kappa shape index (κ2) is 8.37. The monoisotopic (exact) mass is 410 g/mol. The van der Waals surface area contributed by atoms with Crippen LogP contribution >= 0.6 is 11.6 Å². The number of carbonyl (C=O) groups is 3. The van der Waals surface area contributed by atoms with E-state index in [4.69, 9.17) is 11.6 Å². The zero-order valence-corrected chi connectivity index (χ0v) is 16.8. The van der Waals surface area contributed by atoms with E-state index in [1.165, 1.54) is 6.42 Å². The molecule has 2 aromatic rings. The standard InChI is InChI=1S/C23H23ClN2O3/c24-16-8-6-7-15(13-16)14-20(21(27)25-17-9-2-1-3-10-17)26-22(28)18-11-4-5-12-19(18)23(26)29/h4-8,11-13,17,20H,1-3,9-10,14H2,(H,25,27). The normalized spacial score (nSPS) is 17.9. The first-order chi connectivity index (χ1) is 14.0. The zero-order valence-electron chi connectivity index (χ0n) is 16.1. The highest BCUT2D eigenvalue weighted by atomic mass is 35.5. The van der Waals surface area contributed by atoms with Gasteiger partial charge in [0.25, 0.3) is 11.8 Å². The third kappa shape index (κ3) is 4.06.